The second kappa shape index (κ2) is 5.91. The standard InChI is InChI=1S/C15H13BN2O3/c19-16(20)13-4-2-12-9-14(5-3-11(12)8-13)21-10-15-17-6-1-7-18-15/h1-9,19-20H,10H2. The van der Waals surface area contributed by atoms with E-state index in [9.17, 15) is 0 Å². The molecule has 0 atom stereocenters. The lowest BCUT2D eigenvalue weighted by Crippen LogP contribution is -2.29. The zero-order chi connectivity index (χ0) is 14.7. The lowest BCUT2D eigenvalue weighted by molar-refractivity contribution is 0.296. The van der Waals surface area contributed by atoms with Gasteiger partial charge in [0.2, 0.25) is 0 Å². The van der Waals surface area contributed by atoms with E-state index in [-0.39, 0.29) is 0 Å². The van der Waals surface area contributed by atoms with E-state index in [0.717, 1.165) is 10.8 Å². The van der Waals surface area contributed by atoms with Crippen LogP contribution in [0.25, 0.3) is 10.8 Å². The van der Waals surface area contributed by atoms with Gasteiger partial charge in [0, 0.05) is 12.4 Å². The molecule has 2 aromatic carbocycles. The quantitative estimate of drug-likeness (QED) is 0.694. The van der Waals surface area contributed by atoms with Crippen LogP contribution in [0.4, 0.5) is 0 Å². The first-order valence-electron chi connectivity index (χ1n) is 6.51. The highest BCUT2D eigenvalue weighted by atomic mass is 16.5. The normalized spacial score (nSPS) is 10.6. The Morgan fingerprint density at radius 1 is 0.952 bits per heavy atom. The van der Waals surface area contributed by atoms with Crippen molar-refractivity contribution in [2.75, 3.05) is 0 Å². The topological polar surface area (TPSA) is 75.5 Å². The first-order chi connectivity index (χ1) is 10.2. The predicted molar refractivity (Wildman–Crippen MR) is 80.1 cm³/mol. The second-order valence-corrected chi connectivity index (χ2v) is 4.60. The van der Waals surface area contributed by atoms with Crippen LogP contribution in [-0.2, 0) is 6.61 Å². The van der Waals surface area contributed by atoms with Crippen molar-refractivity contribution in [2.45, 2.75) is 6.61 Å². The molecule has 0 amide bonds. The third kappa shape index (κ3) is 3.18. The van der Waals surface area contributed by atoms with Crippen molar-refractivity contribution in [1.29, 1.82) is 0 Å². The summed E-state index contributed by atoms with van der Waals surface area (Å²) in [6, 6.07) is 12.6. The zero-order valence-electron chi connectivity index (χ0n) is 11.2. The average Bonchev–Trinajstić information content (AvgIpc) is 2.53. The van der Waals surface area contributed by atoms with Crippen molar-refractivity contribution in [3.05, 3.63) is 60.7 Å². The number of rotatable bonds is 4. The number of nitrogens with zero attached hydrogens (tertiary/aromatic N) is 2. The maximum atomic E-state index is 9.17. The lowest BCUT2D eigenvalue weighted by Gasteiger charge is -2.07. The Bertz CT molecular complexity index is 750. The van der Waals surface area contributed by atoms with Crippen LogP contribution < -0.4 is 10.2 Å². The molecule has 0 aliphatic carbocycles. The van der Waals surface area contributed by atoms with E-state index >= 15 is 0 Å². The first-order valence-corrected chi connectivity index (χ1v) is 6.51. The van der Waals surface area contributed by atoms with Crippen molar-refractivity contribution < 1.29 is 14.8 Å². The minimum atomic E-state index is -1.46. The third-order valence-corrected chi connectivity index (χ3v) is 3.12. The van der Waals surface area contributed by atoms with Crippen LogP contribution in [0, 0.1) is 0 Å². The Hall–Kier alpha value is -2.44. The van der Waals surface area contributed by atoms with Gasteiger partial charge in [-0.05, 0) is 34.4 Å². The Labute approximate surface area is 122 Å². The Morgan fingerprint density at radius 2 is 1.67 bits per heavy atom. The average molecular weight is 280 g/mol. The van der Waals surface area contributed by atoms with Crippen LogP contribution in [0.5, 0.6) is 5.75 Å². The van der Waals surface area contributed by atoms with Crippen molar-refractivity contribution in [2.24, 2.45) is 0 Å². The molecule has 3 rings (SSSR count). The van der Waals surface area contributed by atoms with Gasteiger partial charge in [0.1, 0.15) is 12.4 Å². The molecule has 0 aliphatic rings. The van der Waals surface area contributed by atoms with E-state index < -0.39 is 7.12 Å². The van der Waals surface area contributed by atoms with E-state index in [1.54, 1.807) is 30.6 Å². The highest BCUT2D eigenvalue weighted by Gasteiger charge is 2.11. The maximum Gasteiger partial charge on any atom is 0.488 e. The number of fused-ring (bicyclic) bond motifs is 1. The Kier molecular flexibility index (Phi) is 3.81. The molecule has 0 fully saturated rings. The van der Waals surface area contributed by atoms with Gasteiger partial charge >= 0.3 is 7.12 Å². The SMILES string of the molecule is OB(O)c1ccc2cc(OCc3ncccn3)ccc2c1. The first kappa shape index (κ1) is 13.5. The third-order valence-electron chi connectivity index (χ3n) is 3.12. The molecular weight excluding hydrogens is 267 g/mol. The molecule has 0 radical (unpaired) electrons. The summed E-state index contributed by atoms with van der Waals surface area (Å²) >= 11 is 0. The monoisotopic (exact) mass is 280 g/mol. The van der Waals surface area contributed by atoms with E-state index in [4.69, 9.17) is 14.8 Å². The molecule has 0 saturated heterocycles. The van der Waals surface area contributed by atoms with Gasteiger partial charge in [0.25, 0.3) is 0 Å². The van der Waals surface area contributed by atoms with Gasteiger partial charge < -0.3 is 14.8 Å². The fourth-order valence-corrected chi connectivity index (χ4v) is 2.05. The molecule has 5 nitrogen and oxygen atoms in total. The Balaban J connectivity index is 1.79. The van der Waals surface area contributed by atoms with E-state index in [1.807, 2.05) is 24.3 Å². The van der Waals surface area contributed by atoms with E-state index in [2.05, 4.69) is 9.97 Å². The predicted octanol–water partition coefficient (Wildman–Crippen LogP) is 0.889. The summed E-state index contributed by atoms with van der Waals surface area (Å²) in [5.74, 6) is 1.34. The van der Waals surface area contributed by atoms with Gasteiger partial charge in [0.05, 0.1) is 0 Å². The number of benzene rings is 2. The number of aromatic nitrogens is 2. The van der Waals surface area contributed by atoms with Crippen LogP contribution in [0.2, 0.25) is 0 Å². The minimum absolute atomic E-state index is 0.305. The summed E-state index contributed by atoms with van der Waals surface area (Å²) < 4.78 is 5.65. The summed E-state index contributed by atoms with van der Waals surface area (Å²) in [4.78, 5) is 8.19. The second-order valence-electron chi connectivity index (χ2n) is 4.60. The zero-order valence-corrected chi connectivity index (χ0v) is 11.2. The summed E-state index contributed by atoms with van der Waals surface area (Å²) in [6.07, 6.45) is 3.35. The fraction of sp³-hybridized carbons (Fsp3) is 0.0667. The van der Waals surface area contributed by atoms with Crippen LogP contribution in [0.1, 0.15) is 5.82 Å². The van der Waals surface area contributed by atoms with Crippen LogP contribution in [-0.4, -0.2) is 27.1 Å². The van der Waals surface area contributed by atoms with Gasteiger partial charge in [0.15, 0.2) is 5.82 Å². The molecule has 0 spiro atoms. The number of ether oxygens (including phenoxy) is 1. The van der Waals surface area contributed by atoms with E-state index in [1.165, 1.54) is 0 Å². The molecule has 2 N–H and O–H groups in total. The summed E-state index contributed by atoms with van der Waals surface area (Å²) in [6.45, 7) is 0.305. The Morgan fingerprint density at radius 3 is 2.43 bits per heavy atom. The minimum Gasteiger partial charge on any atom is -0.486 e. The van der Waals surface area contributed by atoms with Crippen LogP contribution in [0.15, 0.2) is 54.9 Å². The van der Waals surface area contributed by atoms with Crippen molar-refractivity contribution in [3.63, 3.8) is 0 Å². The summed E-state index contributed by atoms with van der Waals surface area (Å²) in [5, 5.41) is 20.2. The van der Waals surface area contributed by atoms with Crippen molar-refractivity contribution in [3.8, 4) is 5.75 Å². The molecule has 0 bridgehead atoms. The molecule has 21 heavy (non-hydrogen) atoms. The maximum absolute atomic E-state index is 9.17. The van der Waals surface area contributed by atoms with Gasteiger partial charge in [-0.3, -0.25) is 0 Å². The molecule has 0 unspecified atom stereocenters. The molecule has 0 saturated carbocycles. The number of hydrogen-bond donors (Lipinski definition) is 2. The van der Waals surface area contributed by atoms with Gasteiger partial charge in [-0.25, -0.2) is 9.97 Å². The number of hydrogen-bond acceptors (Lipinski definition) is 5. The van der Waals surface area contributed by atoms with Crippen molar-refractivity contribution >= 4 is 23.4 Å². The highest BCUT2D eigenvalue weighted by Crippen LogP contribution is 2.20. The fourth-order valence-electron chi connectivity index (χ4n) is 2.05. The molecule has 3 aromatic rings. The van der Waals surface area contributed by atoms with Gasteiger partial charge in [-0.15, -0.1) is 0 Å². The molecule has 104 valence electrons. The molecular formula is C15H13BN2O3. The molecule has 1 heterocycles. The molecule has 6 heteroatoms. The lowest BCUT2D eigenvalue weighted by atomic mass is 9.79. The van der Waals surface area contributed by atoms with Gasteiger partial charge in [-0.2, -0.15) is 0 Å². The summed E-state index contributed by atoms with van der Waals surface area (Å²) in [7, 11) is -1.46. The summed E-state index contributed by atoms with van der Waals surface area (Å²) in [5.41, 5.74) is 0.467. The van der Waals surface area contributed by atoms with Crippen LogP contribution in [0.3, 0.4) is 0 Å². The molecule has 1 aromatic heterocycles. The molecule has 0 aliphatic heterocycles. The highest BCUT2D eigenvalue weighted by molar-refractivity contribution is 6.58. The van der Waals surface area contributed by atoms with Crippen molar-refractivity contribution in [1.82, 2.24) is 9.97 Å². The van der Waals surface area contributed by atoms with E-state index in [0.29, 0.717) is 23.6 Å². The van der Waals surface area contributed by atoms with Gasteiger partial charge in [-0.1, -0.05) is 24.3 Å². The smallest absolute Gasteiger partial charge is 0.486 e. The van der Waals surface area contributed by atoms with Crippen LogP contribution >= 0.6 is 0 Å². The largest absolute Gasteiger partial charge is 0.488 e.